The minimum atomic E-state index is -0.512. The third-order valence-corrected chi connectivity index (χ3v) is 6.20. The normalized spacial score (nSPS) is 15.0. The standard InChI is InChI=1S/C24H32N4O5S/c1-4-32-22(29)14-25-24(31)26-18-9-10-20(27(2)3)17(13-18)15-28(16-19-7-5-11-33-19)23(30)21-8-6-12-34-21/h6,8-10,12-13,19H,4-5,7,11,14-16H2,1-3H3,(H2,25,26,31). The fraction of sp³-hybridized carbons (Fsp3) is 0.458. The molecule has 0 spiro atoms. The van der Waals surface area contributed by atoms with E-state index in [1.165, 1.54) is 11.3 Å². The molecule has 3 rings (SSSR count). The molecule has 1 unspecified atom stereocenters. The van der Waals surface area contributed by atoms with Crippen LogP contribution >= 0.6 is 11.3 Å². The molecule has 1 fully saturated rings. The molecular formula is C24H32N4O5S. The van der Waals surface area contributed by atoms with E-state index in [9.17, 15) is 14.4 Å². The van der Waals surface area contributed by atoms with Crippen LogP contribution in [-0.4, -0.2) is 69.3 Å². The van der Waals surface area contributed by atoms with Crippen molar-refractivity contribution in [2.45, 2.75) is 32.4 Å². The summed E-state index contributed by atoms with van der Waals surface area (Å²) in [6.45, 7) is 3.33. The van der Waals surface area contributed by atoms with Crippen LogP contribution in [0.2, 0.25) is 0 Å². The maximum atomic E-state index is 13.3. The minimum Gasteiger partial charge on any atom is -0.465 e. The molecule has 2 N–H and O–H groups in total. The molecule has 2 aromatic rings. The number of rotatable bonds is 10. The van der Waals surface area contributed by atoms with Gasteiger partial charge in [0.1, 0.15) is 6.54 Å². The first-order valence-electron chi connectivity index (χ1n) is 11.3. The summed E-state index contributed by atoms with van der Waals surface area (Å²) in [7, 11) is 3.87. The third-order valence-electron chi connectivity index (χ3n) is 5.35. The van der Waals surface area contributed by atoms with Gasteiger partial charge < -0.3 is 29.9 Å². The average Bonchev–Trinajstić information content (AvgIpc) is 3.51. The van der Waals surface area contributed by atoms with Crippen molar-refractivity contribution in [2.24, 2.45) is 0 Å². The smallest absolute Gasteiger partial charge is 0.325 e. The lowest BCUT2D eigenvalue weighted by Crippen LogP contribution is -2.37. The van der Waals surface area contributed by atoms with E-state index in [4.69, 9.17) is 9.47 Å². The van der Waals surface area contributed by atoms with Crippen molar-refractivity contribution in [3.63, 3.8) is 0 Å². The van der Waals surface area contributed by atoms with Crippen LogP contribution in [0.3, 0.4) is 0 Å². The van der Waals surface area contributed by atoms with Crippen LogP contribution in [0.1, 0.15) is 35.0 Å². The van der Waals surface area contributed by atoms with E-state index in [0.29, 0.717) is 23.7 Å². The first-order valence-corrected chi connectivity index (χ1v) is 12.2. The van der Waals surface area contributed by atoms with Gasteiger partial charge in [-0.15, -0.1) is 11.3 Å². The Kier molecular flexibility index (Phi) is 9.29. The van der Waals surface area contributed by atoms with Crippen molar-refractivity contribution in [3.8, 4) is 0 Å². The van der Waals surface area contributed by atoms with Gasteiger partial charge >= 0.3 is 12.0 Å². The number of carbonyl (C=O) groups excluding carboxylic acids is 3. The van der Waals surface area contributed by atoms with Gasteiger partial charge in [0.25, 0.3) is 5.91 Å². The molecule has 1 atom stereocenters. The van der Waals surface area contributed by atoms with Gasteiger partial charge in [0.2, 0.25) is 0 Å². The number of nitrogens with one attached hydrogen (secondary N) is 2. The number of benzene rings is 1. The predicted octanol–water partition coefficient (Wildman–Crippen LogP) is 3.32. The lowest BCUT2D eigenvalue weighted by Gasteiger charge is -2.28. The molecule has 1 saturated heterocycles. The highest BCUT2D eigenvalue weighted by atomic mass is 32.1. The summed E-state index contributed by atoms with van der Waals surface area (Å²) in [5.41, 5.74) is 2.38. The second-order valence-electron chi connectivity index (χ2n) is 8.15. The number of thiophene rings is 1. The average molecular weight is 489 g/mol. The van der Waals surface area contributed by atoms with Gasteiger partial charge in [-0.25, -0.2) is 4.79 Å². The zero-order valence-corrected chi connectivity index (χ0v) is 20.7. The molecule has 0 bridgehead atoms. The Labute approximate surface area is 204 Å². The van der Waals surface area contributed by atoms with E-state index in [2.05, 4.69) is 10.6 Å². The fourth-order valence-corrected chi connectivity index (χ4v) is 4.47. The number of hydrogen-bond acceptors (Lipinski definition) is 7. The van der Waals surface area contributed by atoms with Crippen LogP contribution in [0.15, 0.2) is 35.7 Å². The van der Waals surface area contributed by atoms with E-state index in [1.54, 1.807) is 13.0 Å². The van der Waals surface area contributed by atoms with Gasteiger partial charge in [0, 0.05) is 45.2 Å². The van der Waals surface area contributed by atoms with Gasteiger partial charge in [-0.05, 0) is 55.0 Å². The summed E-state index contributed by atoms with van der Waals surface area (Å²) in [6.07, 6.45) is 1.94. The molecule has 10 heteroatoms. The van der Waals surface area contributed by atoms with E-state index >= 15 is 0 Å². The number of urea groups is 1. The Bertz CT molecular complexity index is 974. The highest BCUT2D eigenvalue weighted by Crippen LogP contribution is 2.27. The number of hydrogen-bond donors (Lipinski definition) is 2. The molecule has 184 valence electrons. The second kappa shape index (κ2) is 12.4. The van der Waals surface area contributed by atoms with Crippen LogP contribution in [0, 0.1) is 0 Å². The van der Waals surface area contributed by atoms with Gasteiger partial charge in [0.15, 0.2) is 0 Å². The Morgan fingerprint density at radius 3 is 2.71 bits per heavy atom. The van der Waals surface area contributed by atoms with Crippen molar-refractivity contribution in [2.75, 3.05) is 50.6 Å². The van der Waals surface area contributed by atoms with Crippen molar-refractivity contribution in [1.82, 2.24) is 10.2 Å². The molecule has 1 aromatic heterocycles. The summed E-state index contributed by atoms with van der Waals surface area (Å²) in [5, 5.41) is 7.12. The fourth-order valence-electron chi connectivity index (χ4n) is 3.78. The number of amides is 3. The van der Waals surface area contributed by atoms with Crippen molar-refractivity contribution in [1.29, 1.82) is 0 Å². The van der Waals surface area contributed by atoms with Gasteiger partial charge in [-0.2, -0.15) is 0 Å². The van der Waals surface area contributed by atoms with Crippen LogP contribution in [-0.2, 0) is 20.8 Å². The highest BCUT2D eigenvalue weighted by molar-refractivity contribution is 7.12. The molecular weight excluding hydrogens is 456 g/mol. The first kappa shape index (κ1) is 25.5. The summed E-state index contributed by atoms with van der Waals surface area (Å²) in [6, 6.07) is 8.72. The maximum absolute atomic E-state index is 13.3. The molecule has 34 heavy (non-hydrogen) atoms. The Hall–Kier alpha value is -3.11. The molecule has 2 heterocycles. The zero-order valence-electron chi connectivity index (χ0n) is 19.8. The molecule has 0 saturated carbocycles. The van der Waals surface area contributed by atoms with Crippen LogP contribution in [0.25, 0.3) is 0 Å². The summed E-state index contributed by atoms with van der Waals surface area (Å²) >= 11 is 1.42. The van der Waals surface area contributed by atoms with Crippen molar-refractivity contribution < 1.29 is 23.9 Å². The maximum Gasteiger partial charge on any atom is 0.325 e. The summed E-state index contributed by atoms with van der Waals surface area (Å²) < 4.78 is 10.6. The van der Waals surface area contributed by atoms with E-state index in [0.717, 1.165) is 30.7 Å². The highest BCUT2D eigenvalue weighted by Gasteiger charge is 2.25. The summed E-state index contributed by atoms with van der Waals surface area (Å²) in [5.74, 6) is -0.543. The Morgan fingerprint density at radius 1 is 1.24 bits per heavy atom. The molecule has 9 nitrogen and oxygen atoms in total. The zero-order chi connectivity index (χ0) is 24.5. The molecule has 1 aliphatic rings. The van der Waals surface area contributed by atoms with Crippen molar-refractivity contribution >= 4 is 40.6 Å². The Balaban J connectivity index is 1.77. The SMILES string of the molecule is CCOC(=O)CNC(=O)Nc1ccc(N(C)C)c(CN(CC2CCCO2)C(=O)c2cccs2)c1. The third kappa shape index (κ3) is 7.19. The van der Waals surface area contributed by atoms with E-state index in [-0.39, 0.29) is 25.2 Å². The molecule has 0 radical (unpaired) electrons. The van der Waals surface area contributed by atoms with Gasteiger partial charge in [-0.1, -0.05) is 6.07 Å². The monoisotopic (exact) mass is 488 g/mol. The molecule has 3 amide bonds. The first-order chi connectivity index (χ1) is 16.4. The predicted molar refractivity (Wildman–Crippen MR) is 132 cm³/mol. The topological polar surface area (TPSA) is 100 Å². The van der Waals surface area contributed by atoms with Crippen molar-refractivity contribution in [3.05, 3.63) is 46.2 Å². The van der Waals surface area contributed by atoms with Crippen LogP contribution < -0.4 is 15.5 Å². The molecule has 0 aliphatic carbocycles. The summed E-state index contributed by atoms with van der Waals surface area (Å²) in [4.78, 5) is 41.5. The van der Waals surface area contributed by atoms with Crippen LogP contribution in [0.5, 0.6) is 0 Å². The number of esters is 1. The lowest BCUT2D eigenvalue weighted by molar-refractivity contribution is -0.141. The Morgan fingerprint density at radius 2 is 2.06 bits per heavy atom. The second-order valence-corrected chi connectivity index (χ2v) is 9.10. The molecule has 1 aliphatic heterocycles. The minimum absolute atomic E-state index is 0.0154. The van der Waals surface area contributed by atoms with Crippen LogP contribution in [0.4, 0.5) is 16.2 Å². The van der Waals surface area contributed by atoms with E-state index < -0.39 is 12.0 Å². The largest absolute Gasteiger partial charge is 0.465 e. The molecule has 1 aromatic carbocycles. The van der Waals surface area contributed by atoms with E-state index in [1.807, 2.05) is 53.5 Å². The lowest BCUT2D eigenvalue weighted by atomic mass is 10.1. The number of ether oxygens (including phenoxy) is 2. The quantitative estimate of drug-likeness (QED) is 0.498. The number of carbonyl (C=O) groups is 3. The number of anilines is 2. The van der Waals surface area contributed by atoms with Gasteiger partial charge in [-0.3, -0.25) is 9.59 Å². The number of nitrogens with zero attached hydrogens (tertiary/aromatic N) is 2. The van der Waals surface area contributed by atoms with Gasteiger partial charge in [0.05, 0.1) is 17.6 Å².